The van der Waals surface area contributed by atoms with Crippen LogP contribution in [0.25, 0.3) is 0 Å². The van der Waals surface area contributed by atoms with Crippen molar-refractivity contribution in [3.05, 3.63) is 56.2 Å². The molecule has 0 spiro atoms. The van der Waals surface area contributed by atoms with Crippen LogP contribution in [-0.2, 0) is 6.54 Å². The maximum atomic E-state index is 13.3. The van der Waals surface area contributed by atoms with Crippen molar-refractivity contribution in [1.82, 2.24) is 4.90 Å². The van der Waals surface area contributed by atoms with E-state index in [1.54, 1.807) is 17.4 Å². The Kier molecular flexibility index (Phi) is 5.26. The first-order chi connectivity index (χ1) is 9.51. The van der Waals surface area contributed by atoms with Crippen LogP contribution < -0.4 is 5.73 Å². The molecule has 2 N–H and O–H groups in total. The predicted molar refractivity (Wildman–Crippen MR) is 81.6 cm³/mol. The third-order valence-corrected chi connectivity index (χ3v) is 4.69. The summed E-state index contributed by atoms with van der Waals surface area (Å²) >= 11 is 5.04. The Labute approximate surface area is 129 Å². The van der Waals surface area contributed by atoms with Crippen LogP contribution in [-0.4, -0.2) is 18.5 Å². The molecule has 0 saturated heterocycles. The van der Waals surface area contributed by atoms with E-state index in [0.717, 1.165) is 15.4 Å². The fourth-order valence-electron chi connectivity index (χ4n) is 2.12. The molecule has 2 rings (SSSR count). The average molecular weight is 361 g/mol. The van der Waals surface area contributed by atoms with Crippen LogP contribution in [0.2, 0.25) is 0 Å². The molecule has 1 aromatic heterocycles. The van der Waals surface area contributed by atoms with Gasteiger partial charge in [-0.2, -0.15) is 0 Å². The van der Waals surface area contributed by atoms with Gasteiger partial charge in [-0.25, -0.2) is 8.78 Å². The van der Waals surface area contributed by atoms with Gasteiger partial charge in [0.05, 0.1) is 3.79 Å². The van der Waals surface area contributed by atoms with E-state index >= 15 is 0 Å². The molecule has 2 aromatic rings. The van der Waals surface area contributed by atoms with Crippen molar-refractivity contribution in [2.24, 2.45) is 5.73 Å². The minimum absolute atomic E-state index is 0.149. The smallest absolute Gasteiger partial charge is 0.159 e. The molecule has 1 unspecified atom stereocenters. The topological polar surface area (TPSA) is 29.3 Å². The van der Waals surface area contributed by atoms with E-state index in [1.807, 2.05) is 18.0 Å². The normalized spacial score (nSPS) is 12.9. The largest absolute Gasteiger partial charge is 0.329 e. The van der Waals surface area contributed by atoms with Crippen molar-refractivity contribution < 1.29 is 8.78 Å². The summed E-state index contributed by atoms with van der Waals surface area (Å²) in [4.78, 5) is 2.03. The molecule has 0 radical (unpaired) electrons. The monoisotopic (exact) mass is 360 g/mol. The molecule has 20 heavy (non-hydrogen) atoms. The SMILES string of the molecule is CN(Cc1csc(Br)c1)C(CN)c1ccc(F)c(F)c1. The molecule has 1 atom stereocenters. The highest BCUT2D eigenvalue weighted by Gasteiger charge is 2.17. The summed E-state index contributed by atoms with van der Waals surface area (Å²) in [5, 5.41) is 2.05. The molecule has 2 nitrogen and oxygen atoms in total. The van der Waals surface area contributed by atoms with Gasteiger partial charge in [-0.3, -0.25) is 4.90 Å². The molecule has 108 valence electrons. The first kappa shape index (κ1) is 15.6. The minimum atomic E-state index is -0.840. The summed E-state index contributed by atoms with van der Waals surface area (Å²) in [6, 6.07) is 5.83. The Bertz CT molecular complexity index is 588. The second kappa shape index (κ2) is 6.76. The zero-order valence-corrected chi connectivity index (χ0v) is 13.3. The lowest BCUT2D eigenvalue weighted by atomic mass is 10.0. The lowest BCUT2D eigenvalue weighted by Crippen LogP contribution is -2.30. The molecule has 1 heterocycles. The summed E-state index contributed by atoms with van der Waals surface area (Å²) < 4.78 is 27.4. The van der Waals surface area contributed by atoms with E-state index in [-0.39, 0.29) is 6.04 Å². The maximum Gasteiger partial charge on any atom is 0.159 e. The number of nitrogens with two attached hydrogens (primary N) is 1. The quantitative estimate of drug-likeness (QED) is 0.875. The number of hydrogen-bond donors (Lipinski definition) is 1. The number of thiophene rings is 1. The van der Waals surface area contributed by atoms with E-state index in [4.69, 9.17) is 5.73 Å². The lowest BCUT2D eigenvalue weighted by Gasteiger charge is -2.27. The molecule has 0 saturated carbocycles. The van der Waals surface area contributed by atoms with E-state index in [2.05, 4.69) is 21.3 Å². The van der Waals surface area contributed by atoms with Crippen molar-refractivity contribution in [3.8, 4) is 0 Å². The van der Waals surface area contributed by atoms with Crippen molar-refractivity contribution in [1.29, 1.82) is 0 Å². The van der Waals surface area contributed by atoms with E-state index < -0.39 is 11.6 Å². The van der Waals surface area contributed by atoms with E-state index in [1.165, 1.54) is 6.07 Å². The summed E-state index contributed by atoms with van der Waals surface area (Å²) in [5.74, 6) is -1.68. The fraction of sp³-hybridized carbons (Fsp3) is 0.286. The van der Waals surface area contributed by atoms with E-state index in [0.29, 0.717) is 18.7 Å². The van der Waals surface area contributed by atoms with Crippen LogP contribution in [0, 0.1) is 11.6 Å². The van der Waals surface area contributed by atoms with Gasteiger partial charge in [0.15, 0.2) is 11.6 Å². The van der Waals surface area contributed by atoms with Gasteiger partial charge >= 0.3 is 0 Å². The first-order valence-corrected chi connectivity index (χ1v) is 7.76. The first-order valence-electron chi connectivity index (χ1n) is 6.09. The highest BCUT2D eigenvalue weighted by atomic mass is 79.9. The van der Waals surface area contributed by atoms with Gasteiger partial charge in [-0.05, 0) is 57.7 Å². The second-order valence-electron chi connectivity index (χ2n) is 4.60. The van der Waals surface area contributed by atoms with Crippen LogP contribution >= 0.6 is 27.3 Å². The summed E-state index contributed by atoms with van der Waals surface area (Å²) in [6.07, 6.45) is 0. The van der Waals surface area contributed by atoms with Crippen LogP contribution in [0.5, 0.6) is 0 Å². The molecule has 0 aliphatic rings. The number of nitrogens with zero attached hydrogens (tertiary/aromatic N) is 1. The van der Waals surface area contributed by atoms with Gasteiger partial charge in [-0.1, -0.05) is 6.07 Å². The third kappa shape index (κ3) is 3.63. The predicted octanol–water partition coefficient (Wildman–Crippen LogP) is 3.92. The highest BCUT2D eigenvalue weighted by Crippen LogP contribution is 2.25. The zero-order chi connectivity index (χ0) is 14.7. The van der Waals surface area contributed by atoms with Crippen LogP contribution in [0.3, 0.4) is 0 Å². The summed E-state index contributed by atoms with van der Waals surface area (Å²) in [7, 11) is 1.92. The van der Waals surface area contributed by atoms with Gasteiger partial charge in [0.25, 0.3) is 0 Å². The highest BCUT2D eigenvalue weighted by molar-refractivity contribution is 9.11. The lowest BCUT2D eigenvalue weighted by molar-refractivity contribution is 0.241. The molecular weight excluding hydrogens is 346 g/mol. The standard InChI is InChI=1S/C14H15BrF2N2S/c1-19(7-9-4-14(15)20-8-9)13(6-18)10-2-3-11(16)12(17)5-10/h2-5,8,13H,6-7,18H2,1H3. The molecule has 0 bridgehead atoms. The molecule has 0 aliphatic carbocycles. The summed E-state index contributed by atoms with van der Waals surface area (Å²) in [6.45, 7) is 1.04. The van der Waals surface area contributed by atoms with Gasteiger partial charge in [0, 0.05) is 19.1 Å². The Morgan fingerprint density at radius 3 is 2.60 bits per heavy atom. The fourth-order valence-corrected chi connectivity index (χ4v) is 3.32. The van der Waals surface area contributed by atoms with Gasteiger partial charge in [-0.15, -0.1) is 11.3 Å². The molecule has 0 amide bonds. The number of benzene rings is 1. The van der Waals surface area contributed by atoms with Gasteiger partial charge in [0.1, 0.15) is 0 Å². The zero-order valence-electron chi connectivity index (χ0n) is 10.9. The number of halogens is 3. The van der Waals surface area contributed by atoms with Crippen LogP contribution in [0.15, 0.2) is 33.4 Å². The Hall–Kier alpha value is -0.820. The molecule has 0 fully saturated rings. The van der Waals surface area contributed by atoms with Crippen LogP contribution in [0.4, 0.5) is 8.78 Å². The third-order valence-electron chi connectivity index (χ3n) is 3.14. The van der Waals surface area contributed by atoms with Gasteiger partial charge in [0.2, 0.25) is 0 Å². The second-order valence-corrected chi connectivity index (χ2v) is 6.89. The van der Waals surface area contributed by atoms with Crippen molar-refractivity contribution in [2.45, 2.75) is 12.6 Å². The minimum Gasteiger partial charge on any atom is -0.329 e. The molecular formula is C14H15BrF2N2S. The van der Waals surface area contributed by atoms with Crippen molar-refractivity contribution >= 4 is 27.3 Å². The average Bonchev–Trinajstić information content (AvgIpc) is 2.80. The molecule has 1 aromatic carbocycles. The Balaban J connectivity index is 2.16. The summed E-state index contributed by atoms with van der Waals surface area (Å²) in [5.41, 5.74) is 7.63. The van der Waals surface area contributed by atoms with Gasteiger partial charge < -0.3 is 5.73 Å². The maximum absolute atomic E-state index is 13.3. The number of rotatable bonds is 5. The Morgan fingerprint density at radius 1 is 1.30 bits per heavy atom. The number of likely N-dealkylation sites (N-methyl/N-ethyl adjacent to an activating group) is 1. The van der Waals surface area contributed by atoms with Crippen molar-refractivity contribution in [3.63, 3.8) is 0 Å². The molecule has 0 aliphatic heterocycles. The van der Waals surface area contributed by atoms with E-state index in [9.17, 15) is 8.78 Å². The van der Waals surface area contributed by atoms with Crippen LogP contribution in [0.1, 0.15) is 17.2 Å². The number of hydrogen-bond acceptors (Lipinski definition) is 3. The molecule has 6 heteroatoms. The Morgan fingerprint density at radius 2 is 2.05 bits per heavy atom. The van der Waals surface area contributed by atoms with Crippen molar-refractivity contribution in [2.75, 3.05) is 13.6 Å².